The van der Waals surface area contributed by atoms with Crippen LogP contribution in [-0.2, 0) is 10.0 Å². The maximum Gasteiger partial charge on any atom is 0.242 e. The van der Waals surface area contributed by atoms with E-state index >= 15 is 0 Å². The molecular weight excluding hydrogens is 301 g/mol. The van der Waals surface area contributed by atoms with Gasteiger partial charge in [-0.1, -0.05) is 6.07 Å². The molecule has 0 heterocycles. The van der Waals surface area contributed by atoms with Crippen LogP contribution in [0.3, 0.4) is 0 Å². The summed E-state index contributed by atoms with van der Waals surface area (Å²) in [6.07, 6.45) is 0. The molecule has 13 heavy (non-hydrogen) atoms. The summed E-state index contributed by atoms with van der Waals surface area (Å²) in [6.45, 7) is 0. The SMILES string of the molecule is CN(C)S(=O)(=O)c1cccc(I)c1. The molecule has 0 N–H and O–H groups in total. The second-order valence-corrected chi connectivity index (χ2v) is 6.14. The van der Waals surface area contributed by atoms with Crippen molar-refractivity contribution in [3.05, 3.63) is 27.8 Å². The van der Waals surface area contributed by atoms with Gasteiger partial charge in [0.05, 0.1) is 4.90 Å². The van der Waals surface area contributed by atoms with Gasteiger partial charge in [0.1, 0.15) is 0 Å². The number of halogens is 1. The fourth-order valence-corrected chi connectivity index (χ4v) is 2.54. The van der Waals surface area contributed by atoms with E-state index in [0.717, 1.165) is 3.57 Å². The van der Waals surface area contributed by atoms with E-state index in [4.69, 9.17) is 0 Å². The van der Waals surface area contributed by atoms with Crippen molar-refractivity contribution in [2.45, 2.75) is 4.90 Å². The molecule has 0 aliphatic carbocycles. The molecule has 0 aliphatic heterocycles. The number of nitrogens with zero attached hydrogens (tertiary/aromatic N) is 1. The lowest BCUT2D eigenvalue weighted by molar-refractivity contribution is 0.520. The first kappa shape index (κ1) is 10.9. The fourth-order valence-electron chi connectivity index (χ4n) is 0.838. The molecule has 5 heteroatoms. The zero-order valence-corrected chi connectivity index (χ0v) is 10.3. The average molecular weight is 311 g/mol. The zero-order chi connectivity index (χ0) is 10.1. The number of rotatable bonds is 2. The number of hydrogen-bond acceptors (Lipinski definition) is 2. The Morgan fingerprint density at radius 2 is 1.92 bits per heavy atom. The summed E-state index contributed by atoms with van der Waals surface area (Å²) in [5, 5.41) is 0. The summed E-state index contributed by atoms with van der Waals surface area (Å²) in [6, 6.07) is 6.83. The molecule has 72 valence electrons. The van der Waals surface area contributed by atoms with Gasteiger partial charge in [-0.05, 0) is 40.8 Å². The van der Waals surface area contributed by atoms with Crippen molar-refractivity contribution in [1.82, 2.24) is 4.31 Å². The number of benzene rings is 1. The van der Waals surface area contributed by atoms with E-state index in [0.29, 0.717) is 4.90 Å². The Balaban J connectivity index is 3.24. The molecule has 0 fully saturated rings. The van der Waals surface area contributed by atoms with Crippen LogP contribution in [0.25, 0.3) is 0 Å². The lowest BCUT2D eigenvalue weighted by Crippen LogP contribution is -2.22. The third kappa shape index (κ3) is 2.41. The van der Waals surface area contributed by atoms with E-state index in [2.05, 4.69) is 22.6 Å². The quantitative estimate of drug-likeness (QED) is 0.777. The minimum Gasteiger partial charge on any atom is -0.207 e. The Morgan fingerprint density at radius 3 is 2.38 bits per heavy atom. The van der Waals surface area contributed by atoms with Crippen LogP contribution in [0.1, 0.15) is 0 Å². The van der Waals surface area contributed by atoms with Gasteiger partial charge >= 0.3 is 0 Å². The van der Waals surface area contributed by atoms with E-state index in [-0.39, 0.29) is 0 Å². The highest BCUT2D eigenvalue weighted by atomic mass is 127. The lowest BCUT2D eigenvalue weighted by Gasteiger charge is -2.10. The van der Waals surface area contributed by atoms with Gasteiger partial charge in [0.25, 0.3) is 0 Å². The van der Waals surface area contributed by atoms with Crippen molar-refractivity contribution >= 4 is 32.6 Å². The standard InChI is InChI=1S/C8H10INO2S/c1-10(2)13(11,12)8-5-3-4-7(9)6-8/h3-6H,1-2H3. The Bertz CT molecular complexity index is 400. The maximum absolute atomic E-state index is 11.6. The van der Waals surface area contributed by atoms with Crippen molar-refractivity contribution in [2.75, 3.05) is 14.1 Å². The third-order valence-electron chi connectivity index (χ3n) is 1.57. The van der Waals surface area contributed by atoms with Gasteiger partial charge in [0.2, 0.25) is 10.0 Å². The minimum atomic E-state index is -3.27. The average Bonchev–Trinajstić information content (AvgIpc) is 2.04. The van der Waals surface area contributed by atoms with E-state index in [1.54, 1.807) is 18.2 Å². The van der Waals surface area contributed by atoms with Crippen molar-refractivity contribution in [1.29, 1.82) is 0 Å². The van der Waals surface area contributed by atoms with Gasteiger partial charge in [0, 0.05) is 17.7 Å². The minimum absolute atomic E-state index is 0.337. The van der Waals surface area contributed by atoms with Crippen molar-refractivity contribution < 1.29 is 8.42 Å². The fraction of sp³-hybridized carbons (Fsp3) is 0.250. The van der Waals surface area contributed by atoms with Crippen LogP contribution in [-0.4, -0.2) is 26.8 Å². The molecule has 0 radical (unpaired) electrons. The van der Waals surface area contributed by atoms with Crippen molar-refractivity contribution in [3.63, 3.8) is 0 Å². The zero-order valence-electron chi connectivity index (χ0n) is 7.36. The molecule has 0 saturated carbocycles. The Kier molecular flexibility index (Phi) is 3.31. The van der Waals surface area contributed by atoms with E-state index < -0.39 is 10.0 Å². The van der Waals surface area contributed by atoms with Crippen LogP contribution in [0.5, 0.6) is 0 Å². The molecule has 0 saturated heterocycles. The van der Waals surface area contributed by atoms with E-state index in [1.807, 2.05) is 6.07 Å². The topological polar surface area (TPSA) is 37.4 Å². The maximum atomic E-state index is 11.6. The largest absolute Gasteiger partial charge is 0.242 e. The normalized spacial score (nSPS) is 12.0. The van der Waals surface area contributed by atoms with Crippen molar-refractivity contribution in [2.24, 2.45) is 0 Å². The molecule has 0 atom stereocenters. The van der Waals surface area contributed by atoms with Gasteiger partial charge in [0.15, 0.2) is 0 Å². The molecule has 1 rings (SSSR count). The van der Waals surface area contributed by atoms with Crippen LogP contribution in [0, 0.1) is 3.57 Å². The summed E-state index contributed by atoms with van der Waals surface area (Å²) in [5.74, 6) is 0. The molecule has 0 unspecified atom stereocenters. The molecule has 0 spiro atoms. The van der Waals surface area contributed by atoms with E-state index in [1.165, 1.54) is 18.4 Å². The highest BCUT2D eigenvalue weighted by Gasteiger charge is 2.16. The summed E-state index contributed by atoms with van der Waals surface area (Å²) in [7, 11) is -0.225. The third-order valence-corrected chi connectivity index (χ3v) is 4.06. The summed E-state index contributed by atoms with van der Waals surface area (Å²) < 4.78 is 25.3. The highest BCUT2D eigenvalue weighted by Crippen LogP contribution is 2.15. The Labute approximate surface area is 91.9 Å². The lowest BCUT2D eigenvalue weighted by atomic mass is 10.4. The summed E-state index contributed by atoms with van der Waals surface area (Å²) >= 11 is 2.09. The molecular formula is C8H10INO2S. The van der Waals surface area contributed by atoms with Crippen LogP contribution in [0.2, 0.25) is 0 Å². The predicted molar refractivity (Wildman–Crippen MR) is 60.0 cm³/mol. The second-order valence-electron chi connectivity index (χ2n) is 2.74. The van der Waals surface area contributed by atoms with Crippen LogP contribution in [0.15, 0.2) is 29.2 Å². The first-order valence-electron chi connectivity index (χ1n) is 3.62. The van der Waals surface area contributed by atoms with E-state index in [9.17, 15) is 8.42 Å². The Hall–Kier alpha value is -0.140. The Morgan fingerprint density at radius 1 is 1.31 bits per heavy atom. The summed E-state index contributed by atoms with van der Waals surface area (Å²) in [5.41, 5.74) is 0. The van der Waals surface area contributed by atoms with Crippen LogP contribution in [0.4, 0.5) is 0 Å². The van der Waals surface area contributed by atoms with Gasteiger partial charge < -0.3 is 0 Å². The monoisotopic (exact) mass is 311 g/mol. The molecule has 1 aromatic carbocycles. The molecule has 0 aromatic heterocycles. The molecule has 0 aliphatic rings. The second kappa shape index (κ2) is 3.93. The smallest absolute Gasteiger partial charge is 0.207 e. The molecule has 0 amide bonds. The predicted octanol–water partition coefficient (Wildman–Crippen LogP) is 1.54. The first-order chi connectivity index (χ1) is 5.94. The highest BCUT2D eigenvalue weighted by molar-refractivity contribution is 14.1. The van der Waals surface area contributed by atoms with Crippen LogP contribution >= 0.6 is 22.6 Å². The first-order valence-corrected chi connectivity index (χ1v) is 6.14. The van der Waals surface area contributed by atoms with Crippen molar-refractivity contribution in [3.8, 4) is 0 Å². The summed E-state index contributed by atoms with van der Waals surface area (Å²) in [4.78, 5) is 0.337. The van der Waals surface area contributed by atoms with Gasteiger partial charge in [-0.2, -0.15) is 0 Å². The van der Waals surface area contributed by atoms with Gasteiger partial charge in [-0.15, -0.1) is 0 Å². The molecule has 0 bridgehead atoms. The number of sulfonamides is 1. The molecule has 3 nitrogen and oxygen atoms in total. The number of hydrogen-bond donors (Lipinski definition) is 0. The van der Waals surface area contributed by atoms with Crippen LogP contribution < -0.4 is 0 Å². The van der Waals surface area contributed by atoms with Gasteiger partial charge in [-0.3, -0.25) is 0 Å². The molecule has 1 aromatic rings. The van der Waals surface area contributed by atoms with Gasteiger partial charge in [-0.25, -0.2) is 12.7 Å².